The minimum atomic E-state index is 0.783. The molecule has 3 nitrogen and oxygen atoms in total. The summed E-state index contributed by atoms with van der Waals surface area (Å²) in [6, 6.07) is 17.9. The Morgan fingerprint density at radius 1 is 0.800 bits per heavy atom. The van der Waals surface area contributed by atoms with Crippen molar-refractivity contribution < 1.29 is 4.74 Å². The number of hydrogen-bond acceptors (Lipinski definition) is 3. The fourth-order valence-electron chi connectivity index (χ4n) is 1.94. The normalized spacial score (nSPS) is 10.2. The molecule has 2 aromatic rings. The van der Waals surface area contributed by atoms with E-state index in [0.717, 1.165) is 43.1 Å². The van der Waals surface area contributed by atoms with Crippen LogP contribution >= 0.6 is 0 Å². The van der Waals surface area contributed by atoms with Gasteiger partial charge >= 0.3 is 0 Å². The zero-order chi connectivity index (χ0) is 14.0. The number of nitrogens with two attached hydrogens (primary N) is 1. The van der Waals surface area contributed by atoms with Crippen molar-refractivity contribution in [3.63, 3.8) is 0 Å². The van der Waals surface area contributed by atoms with Crippen molar-refractivity contribution in [3.05, 3.63) is 54.6 Å². The Bertz CT molecular complexity index is 482. The average Bonchev–Trinajstić information content (AvgIpc) is 2.50. The zero-order valence-electron chi connectivity index (χ0n) is 11.7. The molecule has 0 aliphatic heterocycles. The molecule has 0 saturated carbocycles. The fourth-order valence-corrected chi connectivity index (χ4v) is 1.94. The van der Waals surface area contributed by atoms with Crippen molar-refractivity contribution in [2.45, 2.75) is 19.3 Å². The minimum Gasteiger partial charge on any atom is -0.457 e. The lowest BCUT2D eigenvalue weighted by Gasteiger charge is -2.08. The van der Waals surface area contributed by atoms with Crippen LogP contribution in [0.5, 0.6) is 11.5 Å². The molecular formula is C17H22N2O. The van der Waals surface area contributed by atoms with E-state index in [9.17, 15) is 0 Å². The molecule has 0 aromatic heterocycles. The second kappa shape index (κ2) is 8.23. The highest BCUT2D eigenvalue weighted by Gasteiger charge is 1.97. The van der Waals surface area contributed by atoms with Crippen molar-refractivity contribution >= 4 is 5.69 Å². The third-order valence-corrected chi connectivity index (χ3v) is 3.04. The average molecular weight is 270 g/mol. The molecule has 0 radical (unpaired) electrons. The molecule has 106 valence electrons. The van der Waals surface area contributed by atoms with Crippen molar-refractivity contribution in [1.82, 2.24) is 0 Å². The van der Waals surface area contributed by atoms with Crippen LogP contribution in [-0.4, -0.2) is 13.1 Å². The molecular weight excluding hydrogens is 248 g/mol. The quantitative estimate of drug-likeness (QED) is 0.712. The van der Waals surface area contributed by atoms with Crippen LogP contribution in [0.15, 0.2) is 54.6 Å². The van der Waals surface area contributed by atoms with Crippen molar-refractivity contribution in [3.8, 4) is 11.5 Å². The van der Waals surface area contributed by atoms with Crippen LogP contribution < -0.4 is 15.8 Å². The third kappa shape index (κ3) is 4.94. The lowest BCUT2D eigenvalue weighted by molar-refractivity contribution is 0.483. The van der Waals surface area contributed by atoms with E-state index in [1.54, 1.807) is 0 Å². The van der Waals surface area contributed by atoms with E-state index < -0.39 is 0 Å². The molecule has 20 heavy (non-hydrogen) atoms. The molecule has 0 aliphatic rings. The summed E-state index contributed by atoms with van der Waals surface area (Å²) >= 11 is 0. The van der Waals surface area contributed by atoms with Gasteiger partial charge in [0.05, 0.1) is 0 Å². The SMILES string of the molecule is NCCCCCNc1ccc(Oc2ccccc2)cc1. The first-order valence-electron chi connectivity index (χ1n) is 7.15. The summed E-state index contributed by atoms with van der Waals surface area (Å²) in [6.07, 6.45) is 3.43. The highest BCUT2D eigenvalue weighted by molar-refractivity contribution is 5.47. The molecule has 0 aliphatic carbocycles. The van der Waals surface area contributed by atoms with Crippen LogP contribution in [0.1, 0.15) is 19.3 Å². The summed E-state index contributed by atoms with van der Waals surface area (Å²) in [5.41, 5.74) is 6.59. The van der Waals surface area contributed by atoms with Crippen LogP contribution in [0.3, 0.4) is 0 Å². The fraction of sp³-hybridized carbons (Fsp3) is 0.294. The van der Waals surface area contributed by atoms with Gasteiger partial charge in [-0.1, -0.05) is 24.6 Å². The highest BCUT2D eigenvalue weighted by Crippen LogP contribution is 2.22. The maximum Gasteiger partial charge on any atom is 0.127 e. The van der Waals surface area contributed by atoms with E-state index in [2.05, 4.69) is 5.32 Å². The molecule has 0 amide bonds. The van der Waals surface area contributed by atoms with Crippen LogP contribution in [0.2, 0.25) is 0 Å². The van der Waals surface area contributed by atoms with Gasteiger partial charge in [-0.2, -0.15) is 0 Å². The van der Waals surface area contributed by atoms with E-state index >= 15 is 0 Å². The van der Waals surface area contributed by atoms with Gasteiger partial charge in [0.2, 0.25) is 0 Å². The van der Waals surface area contributed by atoms with E-state index in [-0.39, 0.29) is 0 Å². The number of unbranched alkanes of at least 4 members (excludes halogenated alkanes) is 2. The van der Waals surface area contributed by atoms with Crippen LogP contribution in [0.4, 0.5) is 5.69 Å². The Balaban J connectivity index is 1.78. The van der Waals surface area contributed by atoms with Gasteiger partial charge < -0.3 is 15.8 Å². The minimum absolute atomic E-state index is 0.783. The van der Waals surface area contributed by atoms with Gasteiger partial charge in [-0.05, 0) is 55.8 Å². The lowest BCUT2D eigenvalue weighted by atomic mass is 10.2. The number of rotatable bonds is 8. The molecule has 3 N–H and O–H groups in total. The molecule has 0 spiro atoms. The van der Waals surface area contributed by atoms with E-state index in [1.165, 1.54) is 6.42 Å². The van der Waals surface area contributed by atoms with Gasteiger partial charge in [-0.25, -0.2) is 0 Å². The third-order valence-electron chi connectivity index (χ3n) is 3.04. The zero-order valence-corrected chi connectivity index (χ0v) is 11.7. The van der Waals surface area contributed by atoms with Gasteiger partial charge in [0.25, 0.3) is 0 Å². The monoisotopic (exact) mass is 270 g/mol. The Morgan fingerprint density at radius 2 is 1.50 bits per heavy atom. The highest BCUT2D eigenvalue weighted by atomic mass is 16.5. The van der Waals surface area contributed by atoms with Crippen molar-refractivity contribution in [2.75, 3.05) is 18.4 Å². The molecule has 3 heteroatoms. The standard InChI is InChI=1S/C17H22N2O/c18-13-5-2-6-14-19-15-9-11-17(12-10-15)20-16-7-3-1-4-8-16/h1,3-4,7-12,19H,2,5-6,13-14,18H2. The van der Waals surface area contributed by atoms with Gasteiger partial charge in [-0.3, -0.25) is 0 Å². The number of para-hydroxylation sites is 1. The van der Waals surface area contributed by atoms with Gasteiger partial charge in [0, 0.05) is 12.2 Å². The second-order valence-corrected chi connectivity index (χ2v) is 4.72. The molecule has 2 aromatic carbocycles. The molecule has 0 saturated heterocycles. The molecule has 0 unspecified atom stereocenters. The number of nitrogens with one attached hydrogen (secondary N) is 1. The van der Waals surface area contributed by atoms with Crippen LogP contribution in [0.25, 0.3) is 0 Å². The number of hydrogen-bond donors (Lipinski definition) is 2. The van der Waals surface area contributed by atoms with E-state index in [4.69, 9.17) is 10.5 Å². The summed E-state index contributed by atoms with van der Waals surface area (Å²) in [7, 11) is 0. The smallest absolute Gasteiger partial charge is 0.127 e. The second-order valence-electron chi connectivity index (χ2n) is 4.72. The first kappa shape index (κ1) is 14.4. The van der Waals surface area contributed by atoms with Gasteiger partial charge in [-0.15, -0.1) is 0 Å². The summed E-state index contributed by atoms with van der Waals surface area (Å²) in [4.78, 5) is 0. The molecule has 0 heterocycles. The summed E-state index contributed by atoms with van der Waals surface area (Å²) in [5, 5.41) is 3.40. The number of benzene rings is 2. The Morgan fingerprint density at radius 3 is 2.20 bits per heavy atom. The largest absolute Gasteiger partial charge is 0.457 e. The number of ether oxygens (including phenoxy) is 1. The summed E-state index contributed by atoms with van der Waals surface area (Å²) in [5.74, 6) is 1.71. The van der Waals surface area contributed by atoms with Crippen LogP contribution in [0, 0.1) is 0 Å². The maximum atomic E-state index is 5.75. The van der Waals surface area contributed by atoms with Crippen molar-refractivity contribution in [2.24, 2.45) is 5.73 Å². The number of anilines is 1. The first-order valence-corrected chi connectivity index (χ1v) is 7.15. The molecule has 0 atom stereocenters. The van der Waals surface area contributed by atoms with Crippen molar-refractivity contribution in [1.29, 1.82) is 0 Å². The Labute approximate surface area is 120 Å². The first-order chi connectivity index (χ1) is 9.88. The maximum absolute atomic E-state index is 5.75. The predicted octanol–water partition coefficient (Wildman–Crippen LogP) is 4.02. The van der Waals surface area contributed by atoms with Gasteiger partial charge in [0.1, 0.15) is 11.5 Å². The summed E-state index contributed by atoms with van der Waals surface area (Å²) in [6.45, 7) is 1.77. The lowest BCUT2D eigenvalue weighted by Crippen LogP contribution is -2.03. The van der Waals surface area contributed by atoms with E-state index in [0.29, 0.717) is 0 Å². The molecule has 0 fully saturated rings. The Kier molecular flexibility index (Phi) is 5.93. The summed E-state index contributed by atoms with van der Waals surface area (Å²) < 4.78 is 5.75. The van der Waals surface area contributed by atoms with Gasteiger partial charge in [0.15, 0.2) is 0 Å². The van der Waals surface area contributed by atoms with Crippen LogP contribution in [-0.2, 0) is 0 Å². The molecule has 2 rings (SSSR count). The topological polar surface area (TPSA) is 47.3 Å². The Hall–Kier alpha value is -2.00. The molecule has 0 bridgehead atoms. The predicted molar refractivity (Wildman–Crippen MR) is 84.4 cm³/mol. The van der Waals surface area contributed by atoms with E-state index in [1.807, 2.05) is 54.6 Å².